The summed E-state index contributed by atoms with van der Waals surface area (Å²) in [5.41, 5.74) is 2.22. The predicted octanol–water partition coefficient (Wildman–Crippen LogP) is 2.93. The minimum absolute atomic E-state index is 0.0685. The van der Waals surface area contributed by atoms with Crippen LogP contribution in [-0.4, -0.2) is 60.9 Å². The SMILES string of the molecule is Cc1ccccc1N1CCN(C(=O)C2CCN(C(=O)C(C)(C)C)CC2)CC1. The van der Waals surface area contributed by atoms with Gasteiger partial charge in [0.05, 0.1) is 0 Å². The Labute approximate surface area is 163 Å². The third-order valence-corrected chi connectivity index (χ3v) is 5.82. The van der Waals surface area contributed by atoms with E-state index >= 15 is 0 Å². The van der Waals surface area contributed by atoms with Gasteiger partial charge in [0.1, 0.15) is 0 Å². The van der Waals surface area contributed by atoms with Gasteiger partial charge in [-0.2, -0.15) is 0 Å². The van der Waals surface area contributed by atoms with Crippen LogP contribution in [0.5, 0.6) is 0 Å². The van der Waals surface area contributed by atoms with Gasteiger partial charge in [-0.15, -0.1) is 0 Å². The van der Waals surface area contributed by atoms with E-state index in [9.17, 15) is 9.59 Å². The first-order valence-electron chi connectivity index (χ1n) is 10.2. The summed E-state index contributed by atoms with van der Waals surface area (Å²) in [5.74, 6) is 0.543. The van der Waals surface area contributed by atoms with Crippen molar-refractivity contribution in [2.45, 2.75) is 40.5 Å². The zero-order chi connectivity index (χ0) is 19.6. The first kappa shape index (κ1) is 19.7. The molecule has 0 saturated carbocycles. The maximum absolute atomic E-state index is 12.9. The predicted molar refractivity (Wildman–Crippen MR) is 109 cm³/mol. The van der Waals surface area contributed by atoms with Gasteiger partial charge in [-0.25, -0.2) is 0 Å². The molecule has 3 rings (SSSR count). The minimum atomic E-state index is -0.345. The van der Waals surface area contributed by atoms with Crippen LogP contribution in [0.15, 0.2) is 24.3 Å². The molecular weight excluding hydrogens is 338 g/mol. The molecule has 0 aromatic heterocycles. The summed E-state index contributed by atoms with van der Waals surface area (Å²) in [5, 5.41) is 0. The molecular formula is C22H33N3O2. The number of piperidine rings is 1. The maximum Gasteiger partial charge on any atom is 0.227 e. The Kier molecular flexibility index (Phi) is 5.78. The maximum atomic E-state index is 12.9. The number of piperazine rings is 1. The van der Waals surface area contributed by atoms with E-state index in [1.54, 1.807) is 0 Å². The second-order valence-corrected chi connectivity index (χ2v) is 8.92. The molecule has 0 N–H and O–H groups in total. The molecule has 5 nitrogen and oxygen atoms in total. The van der Waals surface area contributed by atoms with Crippen LogP contribution < -0.4 is 4.90 Å². The Morgan fingerprint density at radius 3 is 2.04 bits per heavy atom. The number of hydrogen-bond acceptors (Lipinski definition) is 3. The van der Waals surface area contributed by atoms with Gasteiger partial charge in [0.15, 0.2) is 0 Å². The van der Waals surface area contributed by atoms with E-state index < -0.39 is 0 Å². The topological polar surface area (TPSA) is 43.9 Å². The fourth-order valence-corrected chi connectivity index (χ4v) is 4.15. The number of para-hydroxylation sites is 1. The highest BCUT2D eigenvalue weighted by atomic mass is 16.2. The molecule has 2 fully saturated rings. The standard InChI is InChI=1S/C22H33N3O2/c1-17-7-5-6-8-19(17)23-13-15-24(16-14-23)20(26)18-9-11-25(12-10-18)21(27)22(2,3)4/h5-8,18H,9-16H2,1-4H3. The van der Waals surface area contributed by atoms with Crippen LogP contribution in [-0.2, 0) is 9.59 Å². The van der Waals surface area contributed by atoms with Crippen molar-refractivity contribution in [2.75, 3.05) is 44.2 Å². The summed E-state index contributed by atoms with van der Waals surface area (Å²) in [6, 6.07) is 8.44. The van der Waals surface area contributed by atoms with Crippen LogP contribution in [0, 0.1) is 18.3 Å². The van der Waals surface area contributed by atoms with E-state index in [-0.39, 0.29) is 23.1 Å². The molecule has 1 aromatic carbocycles. The molecule has 0 spiro atoms. The molecule has 2 aliphatic rings. The average molecular weight is 372 g/mol. The lowest BCUT2D eigenvalue weighted by atomic mass is 9.90. The highest BCUT2D eigenvalue weighted by molar-refractivity contribution is 5.83. The van der Waals surface area contributed by atoms with Gasteiger partial charge < -0.3 is 14.7 Å². The van der Waals surface area contributed by atoms with Crippen LogP contribution in [0.3, 0.4) is 0 Å². The zero-order valence-electron chi connectivity index (χ0n) is 17.2. The lowest BCUT2D eigenvalue weighted by Crippen LogP contribution is -2.52. The number of rotatable bonds is 2. The third-order valence-electron chi connectivity index (χ3n) is 5.82. The van der Waals surface area contributed by atoms with Gasteiger partial charge in [-0.3, -0.25) is 9.59 Å². The lowest BCUT2D eigenvalue weighted by molar-refractivity contribution is -0.145. The normalized spacial score (nSPS) is 19.3. The van der Waals surface area contributed by atoms with Crippen molar-refractivity contribution in [1.29, 1.82) is 0 Å². The molecule has 0 aliphatic carbocycles. The molecule has 0 radical (unpaired) electrons. The Morgan fingerprint density at radius 2 is 1.48 bits per heavy atom. The molecule has 0 unspecified atom stereocenters. The summed E-state index contributed by atoms with van der Waals surface area (Å²) < 4.78 is 0. The monoisotopic (exact) mass is 371 g/mol. The van der Waals surface area contributed by atoms with Gasteiger partial charge in [0.25, 0.3) is 0 Å². The molecule has 5 heteroatoms. The Hall–Kier alpha value is -2.04. The van der Waals surface area contributed by atoms with Crippen molar-refractivity contribution in [2.24, 2.45) is 11.3 Å². The fraction of sp³-hybridized carbons (Fsp3) is 0.636. The number of carbonyl (C=O) groups excluding carboxylic acids is 2. The van der Waals surface area contributed by atoms with Crippen molar-refractivity contribution in [3.8, 4) is 0 Å². The molecule has 0 atom stereocenters. The quantitative estimate of drug-likeness (QED) is 0.803. The minimum Gasteiger partial charge on any atom is -0.368 e. The first-order chi connectivity index (χ1) is 12.8. The molecule has 2 heterocycles. The highest BCUT2D eigenvalue weighted by Crippen LogP contribution is 2.26. The largest absolute Gasteiger partial charge is 0.368 e. The van der Waals surface area contributed by atoms with Crippen LogP contribution in [0.2, 0.25) is 0 Å². The van der Waals surface area contributed by atoms with E-state index in [1.165, 1.54) is 11.3 Å². The van der Waals surface area contributed by atoms with E-state index in [1.807, 2.05) is 30.6 Å². The zero-order valence-corrected chi connectivity index (χ0v) is 17.2. The number of hydrogen-bond donors (Lipinski definition) is 0. The third kappa shape index (κ3) is 4.45. The Balaban J connectivity index is 1.50. The van der Waals surface area contributed by atoms with E-state index in [2.05, 4.69) is 36.1 Å². The van der Waals surface area contributed by atoms with Gasteiger partial charge in [-0.1, -0.05) is 39.0 Å². The number of anilines is 1. The van der Waals surface area contributed by atoms with E-state index in [0.717, 1.165) is 39.0 Å². The summed E-state index contributed by atoms with van der Waals surface area (Å²) >= 11 is 0. The van der Waals surface area contributed by atoms with Gasteiger partial charge in [-0.05, 0) is 31.4 Å². The highest BCUT2D eigenvalue weighted by Gasteiger charge is 2.34. The molecule has 2 aliphatic heterocycles. The Bertz CT molecular complexity index is 679. The van der Waals surface area contributed by atoms with Crippen molar-refractivity contribution >= 4 is 17.5 Å². The van der Waals surface area contributed by atoms with Crippen molar-refractivity contribution in [3.05, 3.63) is 29.8 Å². The van der Waals surface area contributed by atoms with Crippen molar-refractivity contribution < 1.29 is 9.59 Å². The number of aryl methyl sites for hydroxylation is 1. The van der Waals surface area contributed by atoms with Gasteiger partial charge >= 0.3 is 0 Å². The number of benzene rings is 1. The van der Waals surface area contributed by atoms with Gasteiger partial charge in [0.2, 0.25) is 11.8 Å². The van der Waals surface area contributed by atoms with Crippen molar-refractivity contribution in [1.82, 2.24) is 9.80 Å². The van der Waals surface area contributed by atoms with Crippen molar-refractivity contribution in [3.63, 3.8) is 0 Å². The van der Waals surface area contributed by atoms with Crippen LogP contribution in [0.1, 0.15) is 39.2 Å². The first-order valence-corrected chi connectivity index (χ1v) is 10.2. The summed E-state index contributed by atoms with van der Waals surface area (Å²) in [4.78, 5) is 31.7. The summed E-state index contributed by atoms with van der Waals surface area (Å²) in [6.45, 7) is 12.8. The van der Waals surface area contributed by atoms with Crippen LogP contribution >= 0.6 is 0 Å². The fourth-order valence-electron chi connectivity index (χ4n) is 4.15. The molecule has 0 bridgehead atoms. The number of likely N-dealkylation sites (tertiary alicyclic amines) is 1. The lowest BCUT2D eigenvalue weighted by Gasteiger charge is -2.40. The molecule has 27 heavy (non-hydrogen) atoms. The van der Waals surface area contributed by atoms with Gasteiger partial charge in [0, 0.05) is 56.3 Å². The summed E-state index contributed by atoms with van der Waals surface area (Å²) in [6.07, 6.45) is 1.58. The molecule has 2 amide bonds. The smallest absolute Gasteiger partial charge is 0.227 e. The molecule has 1 aromatic rings. The molecule has 148 valence electrons. The molecule has 2 saturated heterocycles. The second kappa shape index (κ2) is 7.91. The van der Waals surface area contributed by atoms with Crippen LogP contribution in [0.4, 0.5) is 5.69 Å². The summed E-state index contributed by atoms with van der Waals surface area (Å²) in [7, 11) is 0. The average Bonchev–Trinajstić information content (AvgIpc) is 2.67. The van der Waals surface area contributed by atoms with E-state index in [0.29, 0.717) is 13.1 Å². The second-order valence-electron chi connectivity index (χ2n) is 8.92. The van der Waals surface area contributed by atoms with Crippen LogP contribution in [0.25, 0.3) is 0 Å². The number of carbonyl (C=O) groups is 2. The Morgan fingerprint density at radius 1 is 0.889 bits per heavy atom. The van der Waals surface area contributed by atoms with E-state index in [4.69, 9.17) is 0 Å². The number of amides is 2. The number of nitrogens with zero attached hydrogens (tertiary/aromatic N) is 3.